The highest BCUT2D eigenvalue weighted by Gasteiger charge is 2.28. The van der Waals surface area contributed by atoms with Crippen LogP contribution in [0.2, 0.25) is 0 Å². The molecule has 26 heavy (non-hydrogen) atoms. The van der Waals surface area contributed by atoms with E-state index in [2.05, 4.69) is 4.72 Å². The number of methoxy groups -OCH3 is 1. The van der Waals surface area contributed by atoms with Crippen LogP contribution < -0.4 is 9.46 Å². The van der Waals surface area contributed by atoms with Gasteiger partial charge in [-0.2, -0.15) is 4.72 Å². The highest BCUT2D eigenvalue weighted by atomic mass is 32.2. The van der Waals surface area contributed by atoms with E-state index in [4.69, 9.17) is 9.47 Å². The fraction of sp³-hybridized carbons (Fsp3) is 0.529. The second-order valence-corrected chi connectivity index (χ2v) is 8.09. The number of amides is 1. The van der Waals surface area contributed by atoms with E-state index in [1.807, 2.05) is 13.8 Å². The average molecular weight is 386 g/mol. The zero-order valence-corrected chi connectivity index (χ0v) is 16.5. The van der Waals surface area contributed by atoms with Crippen LogP contribution in [0, 0.1) is 5.92 Å². The number of esters is 1. The molecule has 146 valence electrons. The third kappa shape index (κ3) is 6.64. The summed E-state index contributed by atoms with van der Waals surface area (Å²) in [6, 6.07) is 4.71. The van der Waals surface area contributed by atoms with Gasteiger partial charge in [-0.15, -0.1) is 0 Å². The van der Waals surface area contributed by atoms with E-state index >= 15 is 0 Å². The normalized spacial score (nSPS) is 12.5. The number of ether oxygens (including phenoxy) is 2. The molecule has 0 aromatic heterocycles. The number of likely N-dealkylation sites (N-methyl/N-ethyl adjacent to an activating group) is 1. The van der Waals surface area contributed by atoms with Gasteiger partial charge in [0.1, 0.15) is 11.8 Å². The monoisotopic (exact) mass is 386 g/mol. The zero-order valence-electron chi connectivity index (χ0n) is 15.7. The second kappa shape index (κ2) is 9.54. The van der Waals surface area contributed by atoms with Gasteiger partial charge in [-0.3, -0.25) is 9.59 Å². The molecule has 0 aliphatic rings. The van der Waals surface area contributed by atoms with Crippen LogP contribution in [-0.2, 0) is 24.3 Å². The van der Waals surface area contributed by atoms with Gasteiger partial charge in [0.2, 0.25) is 10.0 Å². The highest BCUT2D eigenvalue weighted by Crippen LogP contribution is 2.17. The van der Waals surface area contributed by atoms with Crippen molar-refractivity contribution in [3.05, 3.63) is 24.3 Å². The predicted molar refractivity (Wildman–Crippen MR) is 96.2 cm³/mol. The van der Waals surface area contributed by atoms with Crippen LogP contribution in [0.5, 0.6) is 5.75 Å². The molecule has 1 N–H and O–H groups in total. The standard InChI is InChI=1S/C17H26N2O6S/c1-12(2)10-15(17(21)25-11-16(20)19(3)4)18-26(22,23)14-8-6-13(24-5)7-9-14/h6-9,12,15,18H,10-11H2,1-5H3/t15-/m1/s1. The van der Waals surface area contributed by atoms with Crippen LogP contribution in [0.3, 0.4) is 0 Å². The summed E-state index contributed by atoms with van der Waals surface area (Å²) in [4.78, 5) is 25.1. The van der Waals surface area contributed by atoms with Crippen LogP contribution in [0.15, 0.2) is 29.2 Å². The summed E-state index contributed by atoms with van der Waals surface area (Å²) in [5.41, 5.74) is 0. The van der Waals surface area contributed by atoms with Crippen molar-refractivity contribution in [3.63, 3.8) is 0 Å². The number of carbonyl (C=O) groups excluding carboxylic acids is 2. The van der Waals surface area contributed by atoms with Crippen LogP contribution in [0.4, 0.5) is 0 Å². The molecule has 1 aromatic rings. The van der Waals surface area contributed by atoms with Gasteiger partial charge in [0, 0.05) is 14.1 Å². The minimum atomic E-state index is -3.93. The fourth-order valence-corrected chi connectivity index (χ4v) is 3.23. The van der Waals surface area contributed by atoms with Crippen LogP contribution in [0.1, 0.15) is 20.3 Å². The van der Waals surface area contributed by atoms with Crippen molar-refractivity contribution < 1.29 is 27.5 Å². The summed E-state index contributed by atoms with van der Waals surface area (Å²) >= 11 is 0. The molecular weight excluding hydrogens is 360 g/mol. The van der Waals surface area contributed by atoms with Crippen molar-refractivity contribution in [1.29, 1.82) is 0 Å². The Bertz CT molecular complexity index is 713. The third-order valence-corrected chi connectivity index (χ3v) is 4.98. The minimum absolute atomic E-state index is 0.00391. The Morgan fingerprint density at radius 3 is 2.19 bits per heavy atom. The number of nitrogens with zero attached hydrogens (tertiary/aromatic N) is 1. The Morgan fingerprint density at radius 2 is 1.73 bits per heavy atom. The number of nitrogens with one attached hydrogen (secondary N) is 1. The van der Waals surface area contributed by atoms with Crippen molar-refractivity contribution in [2.75, 3.05) is 27.8 Å². The lowest BCUT2D eigenvalue weighted by Gasteiger charge is -2.20. The van der Waals surface area contributed by atoms with Crippen molar-refractivity contribution >= 4 is 21.9 Å². The first-order valence-electron chi connectivity index (χ1n) is 8.10. The number of rotatable bonds is 9. The molecule has 1 atom stereocenters. The molecule has 0 fully saturated rings. The number of hydrogen-bond donors (Lipinski definition) is 1. The summed E-state index contributed by atoms with van der Waals surface area (Å²) < 4.78 is 37.4. The van der Waals surface area contributed by atoms with Crippen LogP contribution in [0.25, 0.3) is 0 Å². The average Bonchev–Trinajstić information content (AvgIpc) is 2.58. The fourth-order valence-electron chi connectivity index (χ4n) is 2.04. The molecule has 0 saturated carbocycles. The van der Waals surface area contributed by atoms with E-state index in [0.717, 1.165) is 0 Å². The Labute approximate surface area is 154 Å². The largest absolute Gasteiger partial charge is 0.497 e. The maximum Gasteiger partial charge on any atom is 0.324 e. The molecule has 1 amide bonds. The van der Waals surface area contributed by atoms with Gasteiger partial charge >= 0.3 is 5.97 Å². The van der Waals surface area contributed by atoms with E-state index in [9.17, 15) is 18.0 Å². The van der Waals surface area contributed by atoms with Crippen molar-refractivity contribution in [2.24, 2.45) is 5.92 Å². The first-order chi connectivity index (χ1) is 12.1. The number of benzene rings is 1. The number of hydrogen-bond acceptors (Lipinski definition) is 6. The SMILES string of the molecule is COc1ccc(S(=O)(=O)N[C@H](CC(C)C)C(=O)OCC(=O)N(C)C)cc1. The van der Waals surface area contributed by atoms with Gasteiger partial charge in [-0.05, 0) is 36.6 Å². The lowest BCUT2D eigenvalue weighted by Crippen LogP contribution is -2.43. The molecule has 1 rings (SSSR count). The van der Waals surface area contributed by atoms with Crippen molar-refractivity contribution in [2.45, 2.75) is 31.2 Å². The molecule has 8 nitrogen and oxygen atoms in total. The van der Waals surface area contributed by atoms with E-state index in [0.29, 0.717) is 5.75 Å². The molecule has 0 aliphatic carbocycles. The van der Waals surface area contributed by atoms with Gasteiger partial charge < -0.3 is 14.4 Å². The molecule has 0 unspecified atom stereocenters. The topological polar surface area (TPSA) is 102 Å². The Hall–Kier alpha value is -2.13. The molecule has 1 aromatic carbocycles. The Kier molecular flexibility index (Phi) is 8.04. The Morgan fingerprint density at radius 1 is 1.15 bits per heavy atom. The maximum atomic E-state index is 12.5. The van der Waals surface area contributed by atoms with Crippen molar-refractivity contribution in [1.82, 2.24) is 9.62 Å². The van der Waals surface area contributed by atoms with Crippen molar-refractivity contribution in [3.8, 4) is 5.75 Å². The first-order valence-corrected chi connectivity index (χ1v) is 9.58. The number of carbonyl (C=O) groups is 2. The highest BCUT2D eigenvalue weighted by molar-refractivity contribution is 7.89. The van der Waals surface area contributed by atoms with Gasteiger partial charge in [0.05, 0.1) is 12.0 Å². The van der Waals surface area contributed by atoms with Gasteiger partial charge in [0.15, 0.2) is 6.61 Å². The van der Waals surface area contributed by atoms with E-state index in [-0.39, 0.29) is 23.1 Å². The quantitative estimate of drug-likeness (QED) is 0.636. The molecular formula is C17H26N2O6S. The number of sulfonamides is 1. The zero-order chi connectivity index (χ0) is 19.9. The summed E-state index contributed by atoms with van der Waals surface area (Å²) in [5, 5.41) is 0. The Balaban J connectivity index is 2.90. The lowest BCUT2D eigenvalue weighted by molar-refractivity contribution is -0.152. The molecule has 9 heteroatoms. The first kappa shape index (κ1) is 21.9. The maximum absolute atomic E-state index is 12.5. The minimum Gasteiger partial charge on any atom is -0.497 e. The third-order valence-electron chi connectivity index (χ3n) is 3.50. The van der Waals surface area contributed by atoms with Gasteiger partial charge in [-0.25, -0.2) is 8.42 Å². The molecule has 0 radical (unpaired) electrons. The molecule has 0 saturated heterocycles. The smallest absolute Gasteiger partial charge is 0.324 e. The van der Waals surface area contributed by atoms with Gasteiger partial charge in [0.25, 0.3) is 5.91 Å². The summed E-state index contributed by atoms with van der Waals surface area (Å²) in [6.45, 7) is 3.27. The summed E-state index contributed by atoms with van der Waals surface area (Å²) in [6.07, 6.45) is 0.240. The summed E-state index contributed by atoms with van der Waals surface area (Å²) in [5.74, 6) is -0.620. The van der Waals surface area contributed by atoms with E-state index in [1.54, 1.807) is 0 Å². The molecule has 0 spiro atoms. The predicted octanol–water partition coefficient (Wildman–Crippen LogP) is 1.02. The van der Waals surface area contributed by atoms with Crippen LogP contribution >= 0.6 is 0 Å². The molecule has 0 bridgehead atoms. The van der Waals surface area contributed by atoms with E-state index < -0.39 is 28.6 Å². The van der Waals surface area contributed by atoms with Gasteiger partial charge in [-0.1, -0.05) is 13.8 Å². The van der Waals surface area contributed by atoms with Crippen LogP contribution in [-0.4, -0.2) is 59.0 Å². The van der Waals surface area contributed by atoms with E-state index in [1.165, 1.54) is 50.4 Å². The summed E-state index contributed by atoms with van der Waals surface area (Å²) in [7, 11) is 0.618. The molecule has 0 aliphatic heterocycles. The molecule has 0 heterocycles. The lowest BCUT2D eigenvalue weighted by atomic mass is 10.1. The second-order valence-electron chi connectivity index (χ2n) is 6.37.